The number of benzene rings is 2. The molecule has 2 aliphatic heterocycles. The maximum absolute atomic E-state index is 11.3. The molecule has 35 heavy (non-hydrogen) atoms. The highest BCUT2D eigenvalue weighted by Crippen LogP contribution is 2.38. The molecular weight excluding hydrogens is 448 g/mol. The van der Waals surface area contributed by atoms with Crippen molar-refractivity contribution in [1.29, 1.82) is 0 Å². The maximum Gasteiger partial charge on any atom is 0.407 e. The summed E-state index contributed by atoms with van der Waals surface area (Å²) in [6.07, 6.45) is 3.94. The molecule has 0 bridgehead atoms. The summed E-state index contributed by atoms with van der Waals surface area (Å²) >= 11 is 0. The summed E-state index contributed by atoms with van der Waals surface area (Å²) in [5, 5.41) is 18.6. The Bertz CT molecular complexity index is 1090. The number of hydrogen-bond donors (Lipinski definition) is 2. The molecule has 2 N–H and O–H groups in total. The van der Waals surface area contributed by atoms with E-state index in [2.05, 4.69) is 12.1 Å². The predicted molar refractivity (Wildman–Crippen MR) is 133 cm³/mol. The molecule has 0 aliphatic carbocycles. The van der Waals surface area contributed by atoms with Crippen LogP contribution in [0.5, 0.6) is 11.5 Å². The summed E-state index contributed by atoms with van der Waals surface area (Å²) in [6, 6.07) is 11.9. The summed E-state index contributed by atoms with van der Waals surface area (Å²) in [5.74, 6) is 1.52. The minimum absolute atomic E-state index is 0.355. The number of ether oxygens (including phenoxy) is 2. The number of rotatable bonds is 6. The topological polar surface area (TPSA) is 99.5 Å². The van der Waals surface area contributed by atoms with Crippen LogP contribution < -0.4 is 9.47 Å². The van der Waals surface area contributed by atoms with E-state index >= 15 is 0 Å². The van der Waals surface area contributed by atoms with Gasteiger partial charge in [-0.05, 0) is 47.2 Å². The van der Waals surface area contributed by atoms with Crippen molar-refractivity contribution < 1.29 is 29.3 Å². The highest BCUT2D eigenvalue weighted by molar-refractivity contribution is 5.77. The van der Waals surface area contributed by atoms with E-state index in [4.69, 9.17) is 9.47 Å². The molecule has 8 heteroatoms. The summed E-state index contributed by atoms with van der Waals surface area (Å²) in [6.45, 7) is 1.61. The van der Waals surface area contributed by atoms with Crippen molar-refractivity contribution in [3.8, 4) is 11.5 Å². The fourth-order valence-corrected chi connectivity index (χ4v) is 4.83. The normalized spacial score (nSPS) is 15.8. The van der Waals surface area contributed by atoms with Gasteiger partial charge in [0.1, 0.15) is 11.5 Å². The van der Waals surface area contributed by atoms with Gasteiger partial charge in [-0.15, -0.1) is 0 Å². The van der Waals surface area contributed by atoms with Crippen LogP contribution in [0.15, 0.2) is 48.6 Å². The lowest BCUT2D eigenvalue weighted by atomic mass is 9.87. The molecule has 0 saturated carbocycles. The molecule has 4 rings (SSSR count). The maximum atomic E-state index is 11.3. The first kappa shape index (κ1) is 24.2. The highest BCUT2D eigenvalue weighted by atomic mass is 16.5. The number of methoxy groups -OCH3 is 2. The summed E-state index contributed by atoms with van der Waals surface area (Å²) < 4.78 is 11.5. The lowest BCUT2D eigenvalue weighted by molar-refractivity contribution is 0.149. The van der Waals surface area contributed by atoms with Crippen LogP contribution >= 0.6 is 0 Å². The number of carboxylic acid groups (broad SMARTS) is 2. The third kappa shape index (κ3) is 5.11. The first-order valence-corrected chi connectivity index (χ1v) is 11.6. The van der Waals surface area contributed by atoms with Gasteiger partial charge in [-0.3, -0.25) is 0 Å². The van der Waals surface area contributed by atoms with E-state index in [1.165, 1.54) is 9.80 Å². The first-order valence-electron chi connectivity index (χ1n) is 11.6. The Morgan fingerprint density at radius 1 is 0.771 bits per heavy atom. The molecule has 8 nitrogen and oxygen atoms in total. The van der Waals surface area contributed by atoms with Crippen molar-refractivity contribution in [3.05, 3.63) is 70.8 Å². The minimum atomic E-state index is -0.910. The SMILES string of the molecule is COc1cccc(C2=CCN(C(=O)O)CC2)c1Cc1c(OC)cccc1C1=CCN(C(=O)O)CC1. The van der Waals surface area contributed by atoms with Crippen molar-refractivity contribution in [2.75, 3.05) is 40.4 Å². The van der Waals surface area contributed by atoms with Gasteiger partial charge in [0.05, 0.1) is 14.2 Å². The van der Waals surface area contributed by atoms with Crippen molar-refractivity contribution in [2.45, 2.75) is 19.3 Å². The zero-order valence-electron chi connectivity index (χ0n) is 20.0. The Labute approximate surface area is 204 Å². The van der Waals surface area contributed by atoms with E-state index in [1.54, 1.807) is 14.2 Å². The second-order valence-electron chi connectivity index (χ2n) is 8.57. The molecule has 2 amide bonds. The Morgan fingerprint density at radius 2 is 1.20 bits per heavy atom. The van der Waals surface area contributed by atoms with Gasteiger partial charge in [-0.25, -0.2) is 9.59 Å². The molecular formula is C27H30N2O6. The van der Waals surface area contributed by atoms with Crippen LogP contribution in [0.4, 0.5) is 9.59 Å². The van der Waals surface area contributed by atoms with Crippen LogP contribution in [0, 0.1) is 0 Å². The Hall–Kier alpha value is -3.94. The van der Waals surface area contributed by atoms with Gasteiger partial charge in [-0.2, -0.15) is 0 Å². The molecule has 2 heterocycles. The monoisotopic (exact) mass is 478 g/mol. The molecule has 2 aliphatic rings. The molecule has 184 valence electrons. The lowest BCUT2D eigenvalue weighted by Crippen LogP contribution is -2.33. The second-order valence-corrected chi connectivity index (χ2v) is 8.57. The van der Waals surface area contributed by atoms with Crippen molar-refractivity contribution in [1.82, 2.24) is 9.80 Å². The molecule has 0 radical (unpaired) electrons. The van der Waals surface area contributed by atoms with Crippen LogP contribution in [0.3, 0.4) is 0 Å². The fourth-order valence-electron chi connectivity index (χ4n) is 4.83. The van der Waals surface area contributed by atoms with Gasteiger partial charge in [0.2, 0.25) is 0 Å². The van der Waals surface area contributed by atoms with Crippen LogP contribution in [0.2, 0.25) is 0 Å². The van der Waals surface area contributed by atoms with Gasteiger partial charge < -0.3 is 29.5 Å². The molecule has 0 unspecified atom stereocenters. The molecule has 0 atom stereocenters. The zero-order valence-corrected chi connectivity index (χ0v) is 20.0. The number of carbonyl (C=O) groups is 2. The van der Waals surface area contributed by atoms with E-state index in [1.807, 2.05) is 36.4 Å². The molecule has 0 fully saturated rings. The third-order valence-corrected chi connectivity index (χ3v) is 6.71. The van der Waals surface area contributed by atoms with E-state index < -0.39 is 12.2 Å². The number of nitrogens with zero attached hydrogens (tertiary/aromatic N) is 2. The first-order chi connectivity index (χ1) is 16.9. The van der Waals surface area contributed by atoms with Crippen LogP contribution in [0.1, 0.15) is 35.1 Å². The van der Waals surface area contributed by atoms with Gasteiger partial charge in [0, 0.05) is 43.7 Å². The molecule has 0 aromatic heterocycles. The van der Waals surface area contributed by atoms with Crippen LogP contribution in [-0.4, -0.2) is 72.6 Å². The Morgan fingerprint density at radius 3 is 1.51 bits per heavy atom. The van der Waals surface area contributed by atoms with Gasteiger partial charge in [0.25, 0.3) is 0 Å². The largest absolute Gasteiger partial charge is 0.496 e. The van der Waals surface area contributed by atoms with E-state index in [0.717, 1.165) is 44.9 Å². The van der Waals surface area contributed by atoms with E-state index in [9.17, 15) is 19.8 Å². The number of hydrogen-bond acceptors (Lipinski definition) is 4. The lowest BCUT2D eigenvalue weighted by Gasteiger charge is -2.27. The molecule has 0 saturated heterocycles. The smallest absolute Gasteiger partial charge is 0.407 e. The molecule has 0 spiro atoms. The second kappa shape index (κ2) is 10.5. The highest BCUT2D eigenvalue weighted by Gasteiger charge is 2.24. The Balaban J connectivity index is 1.75. The zero-order chi connectivity index (χ0) is 24.9. The van der Waals surface area contributed by atoms with Crippen molar-refractivity contribution in [3.63, 3.8) is 0 Å². The van der Waals surface area contributed by atoms with Gasteiger partial charge >= 0.3 is 12.2 Å². The van der Waals surface area contributed by atoms with E-state index in [0.29, 0.717) is 45.4 Å². The minimum Gasteiger partial charge on any atom is -0.496 e. The standard InChI is InChI=1S/C27H30N2O6/c1-34-24-7-3-5-20(18-9-13-28(14-10-18)26(30)31)22(24)17-23-21(6-4-8-25(23)35-2)19-11-15-29(16-12-19)27(32)33/h3-9,11H,10,12-17H2,1-2H3,(H,30,31)(H,32,33). The van der Waals surface area contributed by atoms with Gasteiger partial charge in [-0.1, -0.05) is 36.4 Å². The average molecular weight is 479 g/mol. The molecule has 2 aromatic rings. The summed E-state index contributed by atoms with van der Waals surface area (Å²) in [5.41, 5.74) is 6.31. The van der Waals surface area contributed by atoms with Crippen molar-refractivity contribution in [2.24, 2.45) is 0 Å². The van der Waals surface area contributed by atoms with E-state index in [-0.39, 0.29) is 0 Å². The summed E-state index contributed by atoms with van der Waals surface area (Å²) in [4.78, 5) is 25.5. The number of amides is 2. The average Bonchev–Trinajstić information content (AvgIpc) is 2.89. The van der Waals surface area contributed by atoms with Crippen LogP contribution in [0.25, 0.3) is 11.1 Å². The van der Waals surface area contributed by atoms with Crippen molar-refractivity contribution >= 4 is 23.3 Å². The predicted octanol–water partition coefficient (Wildman–Crippen LogP) is 4.83. The quantitative estimate of drug-likeness (QED) is 0.617. The Kier molecular flexibility index (Phi) is 7.29. The third-order valence-electron chi connectivity index (χ3n) is 6.71. The molecule has 2 aromatic carbocycles. The fraction of sp³-hybridized carbons (Fsp3) is 0.333. The van der Waals surface area contributed by atoms with Crippen LogP contribution in [-0.2, 0) is 6.42 Å². The van der Waals surface area contributed by atoms with Gasteiger partial charge in [0.15, 0.2) is 0 Å². The summed E-state index contributed by atoms with van der Waals surface area (Å²) in [7, 11) is 3.30.